The third-order valence-corrected chi connectivity index (χ3v) is 5.93. The largest absolute Gasteiger partial charge is 0.446 e. The van der Waals surface area contributed by atoms with Crippen LogP contribution in [0.4, 0.5) is 13.2 Å². The molecule has 0 radical (unpaired) electrons. The zero-order valence-corrected chi connectivity index (χ0v) is 14.6. The van der Waals surface area contributed by atoms with Gasteiger partial charge in [0.05, 0.1) is 0 Å². The lowest BCUT2D eigenvalue weighted by Gasteiger charge is -2.42. The summed E-state index contributed by atoms with van der Waals surface area (Å²) in [6, 6.07) is 7.25. The van der Waals surface area contributed by atoms with E-state index in [1.165, 1.54) is 19.3 Å². The van der Waals surface area contributed by atoms with Crippen LogP contribution in [0.2, 0.25) is 0 Å². The van der Waals surface area contributed by atoms with Gasteiger partial charge in [0.25, 0.3) is 0 Å². The summed E-state index contributed by atoms with van der Waals surface area (Å²) in [4.78, 5) is 2.78. The number of benzene rings is 1. The van der Waals surface area contributed by atoms with Gasteiger partial charge in [-0.2, -0.15) is 13.2 Å². The molecule has 0 amide bonds. The maximum Gasteiger partial charge on any atom is 0.446 e. The standard InChI is InChI=1S/C18H25F3N2S/c19-18(20,21)24-16-9-5-4-8-15(16)17(14-6-2-1-3-7-14)23-12-10-22-11-13-23/h4-5,8-9,14,17,22H,1-3,6-7,10-13H2/t17-/m1/s1. The Labute approximate surface area is 146 Å². The van der Waals surface area contributed by atoms with E-state index in [-0.39, 0.29) is 17.8 Å². The van der Waals surface area contributed by atoms with E-state index in [0.29, 0.717) is 10.8 Å². The summed E-state index contributed by atoms with van der Waals surface area (Å²) in [5, 5.41) is 3.35. The number of nitrogens with one attached hydrogen (secondary N) is 1. The number of thioether (sulfide) groups is 1. The van der Waals surface area contributed by atoms with Gasteiger partial charge in [-0.05, 0) is 42.2 Å². The van der Waals surface area contributed by atoms with Crippen molar-refractivity contribution in [3.63, 3.8) is 0 Å². The molecule has 1 saturated heterocycles. The molecule has 134 valence electrons. The molecular formula is C18H25F3N2S. The van der Waals surface area contributed by atoms with Gasteiger partial charge in [-0.25, -0.2) is 0 Å². The van der Waals surface area contributed by atoms with Crippen LogP contribution in [0.25, 0.3) is 0 Å². The van der Waals surface area contributed by atoms with Crippen molar-refractivity contribution in [3.05, 3.63) is 29.8 Å². The molecule has 1 aromatic carbocycles. The van der Waals surface area contributed by atoms with Gasteiger partial charge in [0.2, 0.25) is 0 Å². The number of alkyl halides is 3. The summed E-state index contributed by atoms with van der Waals surface area (Å²) in [7, 11) is 0. The van der Waals surface area contributed by atoms with Gasteiger partial charge in [0.15, 0.2) is 0 Å². The molecule has 0 bridgehead atoms. The van der Waals surface area contributed by atoms with Crippen molar-refractivity contribution in [2.24, 2.45) is 5.92 Å². The first kappa shape index (κ1) is 18.1. The number of hydrogen-bond donors (Lipinski definition) is 1. The van der Waals surface area contributed by atoms with Gasteiger partial charge in [0.1, 0.15) is 0 Å². The Morgan fingerprint density at radius 1 is 1.04 bits per heavy atom. The molecule has 1 aromatic rings. The highest BCUT2D eigenvalue weighted by Gasteiger charge is 2.35. The third-order valence-electron chi connectivity index (χ3n) is 5.10. The molecule has 1 atom stereocenters. The summed E-state index contributed by atoms with van der Waals surface area (Å²) in [5.41, 5.74) is -3.37. The van der Waals surface area contributed by atoms with Crippen LogP contribution in [-0.4, -0.2) is 36.6 Å². The fourth-order valence-corrected chi connectivity index (χ4v) is 4.80. The fraction of sp³-hybridized carbons (Fsp3) is 0.667. The van der Waals surface area contributed by atoms with E-state index in [4.69, 9.17) is 0 Å². The summed E-state index contributed by atoms with van der Waals surface area (Å²) in [5.74, 6) is 0.465. The molecule has 0 unspecified atom stereocenters. The van der Waals surface area contributed by atoms with Gasteiger partial charge in [-0.15, -0.1) is 0 Å². The Balaban J connectivity index is 1.92. The summed E-state index contributed by atoms with van der Waals surface area (Å²) in [6.07, 6.45) is 5.90. The SMILES string of the molecule is FC(F)(F)Sc1ccccc1[C@@H](C1CCCCC1)N1CCNCC1. The zero-order chi connectivity index (χ0) is 17.0. The predicted molar refractivity (Wildman–Crippen MR) is 92.1 cm³/mol. The molecule has 1 aliphatic carbocycles. The molecule has 2 nitrogen and oxygen atoms in total. The average molecular weight is 358 g/mol. The normalized spacial score (nSPS) is 22.5. The highest BCUT2D eigenvalue weighted by molar-refractivity contribution is 8.00. The van der Waals surface area contributed by atoms with E-state index < -0.39 is 5.51 Å². The lowest BCUT2D eigenvalue weighted by molar-refractivity contribution is -0.0329. The molecule has 3 rings (SSSR count). The van der Waals surface area contributed by atoms with Crippen LogP contribution in [-0.2, 0) is 0 Å². The van der Waals surface area contributed by atoms with E-state index in [2.05, 4.69) is 10.2 Å². The van der Waals surface area contributed by atoms with Crippen molar-refractivity contribution >= 4 is 11.8 Å². The summed E-state index contributed by atoms with van der Waals surface area (Å²) >= 11 is 0.0414. The smallest absolute Gasteiger partial charge is 0.314 e. The first-order chi connectivity index (χ1) is 11.5. The van der Waals surface area contributed by atoms with Gasteiger partial charge < -0.3 is 5.32 Å². The van der Waals surface area contributed by atoms with Crippen LogP contribution in [0.15, 0.2) is 29.2 Å². The van der Waals surface area contributed by atoms with Crippen LogP contribution < -0.4 is 5.32 Å². The molecule has 1 aliphatic heterocycles. The molecule has 2 fully saturated rings. The molecule has 0 spiro atoms. The minimum atomic E-state index is -4.24. The molecule has 6 heteroatoms. The zero-order valence-electron chi connectivity index (χ0n) is 13.8. The van der Waals surface area contributed by atoms with Crippen LogP contribution in [0, 0.1) is 5.92 Å². The Kier molecular flexibility index (Phi) is 6.11. The minimum Gasteiger partial charge on any atom is -0.314 e. The number of piperazine rings is 1. The Bertz CT molecular complexity index is 505. The number of rotatable bonds is 4. The number of halogens is 3. The Morgan fingerprint density at radius 2 is 1.71 bits per heavy atom. The third kappa shape index (κ3) is 4.67. The van der Waals surface area contributed by atoms with Crippen LogP contribution in [0.5, 0.6) is 0 Å². The van der Waals surface area contributed by atoms with Gasteiger partial charge in [0, 0.05) is 37.1 Å². The molecule has 1 saturated carbocycles. The second-order valence-corrected chi connectivity index (χ2v) is 7.82. The van der Waals surface area contributed by atoms with Crippen molar-refractivity contribution in [2.75, 3.05) is 26.2 Å². The van der Waals surface area contributed by atoms with Crippen LogP contribution in [0.3, 0.4) is 0 Å². The highest BCUT2D eigenvalue weighted by Crippen LogP contribution is 2.45. The molecular weight excluding hydrogens is 333 g/mol. The first-order valence-electron chi connectivity index (χ1n) is 8.84. The van der Waals surface area contributed by atoms with Gasteiger partial charge in [-0.1, -0.05) is 37.5 Å². The quantitative estimate of drug-likeness (QED) is 0.777. The topological polar surface area (TPSA) is 15.3 Å². The van der Waals surface area contributed by atoms with Crippen LogP contribution in [0.1, 0.15) is 43.7 Å². The maximum atomic E-state index is 13.0. The molecule has 0 aromatic heterocycles. The molecule has 24 heavy (non-hydrogen) atoms. The molecule has 1 heterocycles. The fourth-order valence-electron chi connectivity index (χ4n) is 4.10. The van der Waals surface area contributed by atoms with E-state index >= 15 is 0 Å². The summed E-state index contributed by atoms with van der Waals surface area (Å²) < 4.78 is 39.0. The Hall–Kier alpha value is -0.720. The maximum absolute atomic E-state index is 13.0. The van der Waals surface area contributed by atoms with Crippen molar-refractivity contribution < 1.29 is 13.2 Å². The van der Waals surface area contributed by atoms with Crippen molar-refractivity contribution in [3.8, 4) is 0 Å². The second-order valence-electron chi connectivity index (χ2n) is 6.71. The number of hydrogen-bond acceptors (Lipinski definition) is 3. The van der Waals surface area contributed by atoms with Gasteiger partial charge in [-0.3, -0.25) is 4.90 Å². The van der Waals surface area contributed by atoms with E-state index in [0.717, 1.165) is 44.6 Å². The first-order valence-corrected chi connectivity index (χ1v) is 9.66. The lowest BCUT2D eigenvalue weighted by Crippen LogP contribution is -2.47. The van der Waals surface area contributed by atoms with Crippen LogP contribution >= 0.6 is 11.8 Å². The Morgan fingerprint density at radius 3 is 2.38 bits per heavy atom. The monoisotopic (exact) mass is 358 g/mol. The van der Waals surface area contributed by atoms with Gasteiger partial charge >= 0.3 is 5.51 Å². The van der Waals surface area contributed by atoms with Crippen molar-refractivity contribution in [1.82, 2.24) is 10.2 Å². The average Bonchev–Trinajstić information content (AvgIpc) is 2.57. The minimum absolute atomic E-state index is 0.0414. The molecule has 2 aliphatic rings. The van der Waals surface area contributed by atoms with E-state index in [1.54, 1.807) is 12.1 Å². The summed E-state index contributed by atoms with van der Waals surface area (Å²) in [6.45, 7) is 3.65. The second kappa shape index (κ2) is 8.11. The lowest BCUT2D eigenvalue weighted by atomic mass is 9.80. The molecule has 1 N–H and O–H groups in total. The predicted octanol–water partition coefficient (Wildman–Crippen LogP) is 4.83. The van der Waals surface area contributed by atoms with Crippen molar-refractivity contribution in [1.29, 1.82) is 0 Å². The van der Waals surface area contributed by atoms with E-state index in [9.17, 15) is 13.2 Å². The highest BCUT2D eigenvalue weighted by atomic mass is 32.2. The van der Waals surface area contributed by atoms with Crippen molar-refractivity contribution in [2.45, 2.75) is 48.5 Å². The van der Waals surface area contributed by atoms with E-state index in [1.807, 2.05) is 12.1 Å². The number of nitrogens with zero attached hydrogens (tertiary/aromatic N) is 1.